The molecule has 2 aromatic rings. The zero-order chi connectivity index (χ0) is 14.8. The van der Waals surface area contributed by atoms with E-state index in [1.807, 2.05) is 0 Å². The molecule has 2 N–H and O–H groups in total. The van der Waals surface area contributed by atoms with Gasteiger partial charge in [-0.2, -0.15) is 8.42 Å². The number of aliphatic hydroxyl groups excluding tert-OH is 1. The van der Waals surface area contributed by atoms with Gasteiger partial charge in [0.25, 0.3) is 10.0 Å². The highest BCUT2D eigenvalue weighted by Crippen LogP contribution is 2.29. The minimum absolute atomic E-state index is 0.155. The van der Waals surface area contributed by atoms with Crippen LogP contribution in [0.15, 0.2) is 39.8 Å². The van der Waals surface area contributed by atoms with Crippen molar-refractivity contribution in [2.24, 2.45) is 0 Å². The number of benzene rings is 1. The van der Waals surface area contributed by atoms with E-state index < -0.39 is 10.0 Å². The fourth-order valence-corrected chi connectivity index (χ4v) is 2.74. The first-order valence-corrected chi connectivity index (χ1v) is 7.38. The highest BCUT2D eigenvalue weighted by Gasteiger charge is 2.20. The highest BCUT2D eigenvalue weighted by atomic mass is 35.5. The fraction of sp³-hybridized carbons (Fsp3) is 0.167. The Morgan fingerprint density at radius 1 is 1.35 bits per heavy atom. The molecule has 0 aliphatic heterocycles. The van der Waals surface area contributed by atoms with Gasteiger partial charge in [0.05, 0.1) is 17.8 Å². The Kier molecular flexibility index (Phi) is 4.22. The molecular weight excluding hydrogens is 306 g/mol. The summed E-state index contributed by atoms with van der Waals surface area (Å²) in [5.74, 6) is 0.615. The Bertz CT molecular complexity index is 710. The minimum atomic E-state index is -3.92. The second kappa shape index (κ2) is 5.74. The lowest BCUT2D eigenvalue weighted by molar-refractivity contribution is 0.236. The SMILES string of the molecule is COc1ccc(Cl)c(NS(=O)(=O)c2ccc(CO)o2)c1. The van der Waals surface area contributed by atoms with E-state index in [1.54, 1.807) is 6.07 Å². The van der Waals surface area contributed by atoms with E-state index in [2.05, 4.69) is 4.72 Å². The van der Waals surface area contributed by atoms with Gasteiger partial charge in [0.1, 0.15) is 18.1 Å². The smallest absolute Gasteiger partial charge is 0.295 e. The second-order valence-electron chi connectivity index (χ2n) is 3.83. The molecule has 0 amide bonds. The highest BCUT2D eigenvalue weighted by molar-refractivity contribution is 7.92. The molecule has 0 unspecified atom stereocenters. The van der Waals surface area contributed by atoms with Crippen LogP contribution in [0, 0.1) is 0 Å². The number of nitrogens with one attached hydrogen (secondary N) is 1. The summed E-state index contributed by atoms with van der Waals surface area (Å²) in [7, 11) is -2.46. The number of sulfonamides is 1. The van der Waals surface area contributed by atoms with Crippen molar-refractivity contribution in [2.75, 3.05) is 11.8 Å². The number of hydrogen-bond acceptors (Lipinski definition) is 5. The normalized spacial score (nSPS) is 11.3. The maximum atomic E-state index is 12.1. The largest absolute Gasteiger partial charge is 0.497 e. The lowest BCUT2D eigenvalue weighted by atomic mass is 10.3. The summed E-state index contributed by atoms with van der Waals surface area (Å²) in [5, 5.41) is 8.79. The average molecular weight is 318 g/mol. The molecule has 1 aromatic heterocycles. The maximum absolute atomic E-state index is 12.1. The zero-order valence-corrected chi connectivity index (χ0v) is 12.0. The molecule has 2 rings (SSSR count). The van der Waals surface area contributed by atoms with E-state index in [0.717, 1.165) is 0 Å². The zero-order valence-electron chi connectivity index (χ0n) is 10.5. The van der Waals surface area contributed by atoms with Gasteiger partial charge < -0.3 is 14.3 Å². The van der Waals surface area contributed by atoms with Crippen LogP contribution in [0.3, 0.4) is 0 Å². The number of aliphatic hydroxyl groups is 1. The monoisotopic (exact) mass is 317 g/mol. The van der Waals surface area contributed by atoms with Crippen molar-refractivity contribution in [2.45, 2.75) is 11.7 Å². The van der Waals surface area contributed by atoms with Crippen molar-refractivity contribution in [1.29, 1.82) is 0 Å². The maximum Gasteiger partial charge on any atom is 0.295 e. The van der Waals surface area contributed by atoms with Gasteiger partial charge in [-0.05, 0) is 24.3 Å². The number of anilines is 1. The third-order valence-corrected chi connectivity index (χ3v) is 4.04. The molecule has 0 aliphatic carbocycles. The van der Waals surface area contributed by atoms with Crippen LogP contribution in [-0.2, 0) is 16.6 Å². The van der Waals surface area contributed by atoms with Crippen LogP contribution >= 0.6 is 11.6 Å². The number of furan rings is 1. The lowest BCUT2D eigenvalue weighted by Gasteiger charge is -2.09. The van der Waals surface area contributed by atoms with E-state index in [1.165, 1.54) is 31.4 Å². The molecule has 108 valence electrons. The molecule has 0 aliphatic rings. The predicted octanol–water partition coefficient (Wildman–Crippen LogP) is 2.23. The van der Waals surface area contributed by atoms with E-state index in [0.29, 0.717) is 5.75 Å². The van der Waals surface area contributed by atoms with Crippen LogP contribution in [0.25, 0.3) is 0 Å². The summed E-state index contributed by atoms with van der Waals surface area (Å²) < 4.78 is 36.5. The van der Waals surface area contributed by atoms with E-state index >= 15 is 0 Å². The summed E-state index contributed by atoms with van der Waals surface area (Å²) >= 11 is 5.93. The van der Waals surface area contributed by atoms with E-state index in [4.69, 9.17) is 25.9 Å². The summed E-state index contributed by atoms with van der Waals surface area (Å²) in [5.41, 5.74) is 0.174. The molecule has 0 fully saturated rings. The van der Waals surface area contributed by atoms with Crippen LogP contribution in [0.5, 0.6) is 5.75 Å². The second-order valence-corrected chi connectivity index (χ2v) is 5.85. The van der Waals surface area contributed by atoms with Gasteiger partial charge in [0.2, 0.25) is 5.09 Å². The fourth-order valence-electron chi connectivity index (χ4n) is 1.49. The Morgan fingerprint density at radius 3 is 2.70 bits per heavy atom. The van der Waals surface area contributed by atoms with Crippen molar-refractivity contribution in [3.8, 4) is 5.75 Å². The number of ether oxygens (including phenoxy) is 1. The molecule has 0 bridgehead atoms. The third-order valence-electron chi connectivity index (χ3n) is 2.48. The van der Waals surface area contributed by atoms with Gasteiger partial charge in [-0.15, -0.1) is 0 Å². The Hall–Kier alpha value is -1.70. The quantitative estimate of drug-likeness (QED) is 0.882. The first-order valence-electron chi connectivity index (χ1n) is 5.52. The molecule has 0 saturated carbocycles. The summed E-state index contributed by atoms with van der Waals surface area (Å²) in [6, 6.07) is 7.20. The Morgan fingerprint density at radius 2 is 2.10 bits per heavy atom. The third kappa shape index (κ3) is 3.06. The molecule has 1 aromatic carbocycles. The first kappa shape index (κ1) is 14.7. The van der Waals surface area contributed by atoms with Crippen LogP contribution in [0.4, 0.5) is 5.69 Å². The molecular formula is C12H12ClNO5S. The van der Waals surface area contributed by atoms with Crippen LogP contribution < -0.4 is 9.46 Å². The van der Waals surface area contributed by atoms with Crippen molar-refractivity contribution in [1.82, 2.24) is 0 Å². The minimum Gasteiger partial charge on any atom is -0.497 e. The molecule has 20 heavy (non-hydrogen) atoms. The molecule has 1 heterocycles. The van der Waals surface area contributed by atoms with Gasteiger partial charge in [-0.3, -0.25) is 4.72 Å². The van der Waals surface area contributed by atoms with Crippen LogP contribution in [-0.4, -0.2) is 20.6 Å². The number of halogens is 1. The number of rotatable bonds is 5. The summed E-state index contributed by atoms with van der Waals surface area (Å²) in [6.07, 6.45) is 0. The van der Waals surface area contributed by atoms with E-state index in [-0.39, 0.29) is 28.2 Å². The van der Waals surface area contributed by atoms with Gasteiger partial charge in [-0.25, -0.2) is 0 Å². The lowest BCUT2D eigenvalue weighted by Crippen LogP contribution is -2.12. The van der Waals surface area contributed by atoms with Gasteiger partial charge in [0.15, 0.2) is 0 Å². The molecule has 0 spiro atoms. The molecule has 0 atom stereocenters. The van der Waals surface area contributed by atoms with Crippen molar-refractivity contribution < 1.29 is 22.7 Å². The van der Waals surface area contributed by atoms with Gasteiger partial charge in [0, 0.05) is 6.07 Å². The summed E-state index contributed by atoms with van der Waals surface area (Å²) in [4.78, 5) is 0. The molecule has 8 heteroatoms. The van der Waals surface area contributed by atoms with Crippen molar-refractivity contribution in [3.05, 3.63) is 41.1 Å². The first-order chi connectivity index (χ1) is 9.46. The van der Waals surface area contributed by atoms with Crippen molar-refractivity contribution >= 4 is 27.3 Å². The van der Waals surface area contributed by atoms with Crippen molar-refractivity contribution in [3.63, 3.8) is 0 Å². The topological polar surface area (TPSA) is 88.8 Å². The molecule has 0 radical (unpaired) electrons. The predicted molar refractivity (Wildman–Crippen MR) is 73.4 cm³/mol. The van der Waals surface area contributed by atoms with Gasteiger partial charge in [-0.1, -0.05) is 11.6 Å². The summed E-state index contributed by atoms with van der Waals surface area (Å²) in [6.45, 7) is -0.380. The standard InChI is InChI=1S/C12H12ClNO5S/c1-18-8-2-4-10(13)11(6-8)14-20(16,17)12-5-3-9(7-15)19-12/h2-6,14-15H,7H2,1H3. The Labute approximate surface area is 121 Å². The number of hydrogen-bond donors (Lipinski definition) is 2. The molecule has 0 saturated heterocycles. The van der Waals surface area contributed by atoms with Gasteiger partial charge >= 0.3 is 0 Å². The Balaban J connectivity index is 2.32. The molecule has 6 nitrogen and oxygen atoms in total. The van der Waals surface area contributed by atoms with E-state index in [9.17, 15) is 8.42 Å². The van der Waals surface area contributed by atoms with Crippen LogP contribution in [0.1, 0.15) is 5.76 Å². The number of methoxy groups -OCH3 is 1. The van der Waals surface area contributed by atoms with Crippen LogP contribution in [0.2, 0.25) is 5.02 Å². The average Bonchev–Trinajstić information content (AvgIpc) is 2.91.